The number of aromatic nitrogens is 1. The van der Waals surface area contributed by atoms with Gasteiger partial charge < -0.3 is 5.11 Å². The first-order valence-electron chi connectivity index (χ1n) is 3.42. The molecule has 0 amide bonds. The molecule has 0 atom stereocenters. The van der Waals surface area contributed by atoms with Crippen LogP contribution >= 0.6 is 15.9 Å². The number of carboxylic acid groups (broad SMARTS) is 1. The van der Waals surface area contributed by atoms with Crippen LogP contribution in [-0.4, -0.2) is 16.1 Å². The molecule has 1 heterocycles. The smallest absolute Gasteiger partial charge is 0.309 e. The molecule has 1 aromatic rings. The van der Waals surface area contributed by atoms with Crippen molar-refractivity contribution in [1.82, 2.24) is 4.98 Å². The van der Waals surface area contributed by atoms with Crippen molar-refractivity contribution in [2.24, 2.45) is 0 Å². The molecule has 1 rings (SSSR count). The van der Waals surface area contributed by atoms with Gasteiger partial charge in [-0.05, 0) is 34.5 Å². The Kier molecular flexibility index (Phi) is 2.81. The number of carbonyl (C=O) groups is 1. The standard InChI is InChI=1S/C8H8BrNO2/c1-5-2-6(9)7(10-4-5)3-8(11)12/h2,4H,3H2,1H3,(H,11,12). The Hall–Kier alpha value is -0.900. The van der Waals surface area contributed by atoms with Crippen molar-refractivity contribution in [3.05, 3.63) is 28.0 Å². The second-order valence-electron chi connectivity index (χ2n) is 2.51. The van der Waals surface area contributed by atoms with Crippen molar-refractivity contribution in [1.29, 1.82) is 0 Å². The zero-order chi connectivity index (χ0) is 9.14. The average Bonchev–Trinajstić information content (AvgIpc) is 1.94. The van der Waals surface area contributed by atoms with Crippen molar-refractivity contribution in [3.8, 4) is 0 Å². The topological polar surface area (TPSA) is 50.2 Å². The van der Waals surface area contributed by atoms with Gasteiger partial charge in [-0.3, -0.25) is 9.78 Å². The number of rotatable bonds is 2. The molecule has 0 aliphatic rings. The molecule has 4 heteroatoms. The van der Waals surface area contributed by atoms with Crippen molar-refractivity contribution >= 4 is 21.9 Å². The fourth-order valence-corrected chi connectivity index (χ4v) is 1.44. The van der Waals surface area contributed by atoms with Gasteiger partial charge in [-0.15, -0.1) is 0 Å². The van der Waals surface area contributed by atoms with Crippen LogP contribution < -0.4 is 0 Å². The third-order valence-electron chi connectivity index (χ3n) is 1.37. The molecule has 0 saturated heterocycles. The van der Waals surface area contributed by atoms with E-state index in [2.05, 4.69) is 20.9 Å². The molecule has 64 valence electrons. The molecule has 0 spiro atoms. The van der Waals surface area contributed by atoms with Crippen molar-refractivity contribution in [2.45, 2.75) is 13.3 Å². The normalized spacial score (nSPS) is 9.83. The lowest BCUT2D eigenvalue weighted by Crippen LogP contribution is -2.03. The number of aliphatic carboxylic acids is 1. The van der Waals surface area contributed by atoms with Gasteiger partial charge in [0.05, 0.1) is 12.1 Å². The van der Waals surface area contributed by atoms with Gasteiger partial charge in [0.2, 0.25) is 0 Å². The maximum absolute atomic E-state index is 10.3. The summed E-state index contributed by atoms with van der Waals surface area (Å²) in [5.74, 6) is -0.868. The number of carboxylic acids is 1. The van der Waals surface area contributed by atoms with Gasteiger partial charge >= 0.3 is 5.97 Å². The molecular formula is C8H8BrNO2. The first-order valence-corrected chi connectivity index (χ1v) is 4.21. The SMILES string of the molecule is Cc1cnc(CC(=O)O)c(Br)c1. The first kappa shape index (κ1) is 9.19. The summed E-state index contributed by atoms with van der Waals surface area (Å²) in [6.07, 6.45) is 1.61. The zero-order valence-electron chi connectivity index (χ0n) is 6.54. The zero-order valence-corrected chi connectivity index (χ0v) is 8.13. The average molecular weight is 230 g/mol. The quantitative estimate of drug-likeness (QED) is 0.842. The number of nitrogens with zero attached hydrogens (tertiary/aromatic N) is 1. The van der Waals surface area contributed by atoms with Gasteiger partial charge in [0.25, 0.3) is 0 Å². The maximum atomic E-state index is 10.3. The first-order chi connectivity index (χ1) is 5.59. The predicted octanol–water partition coefficient (Wildman–Crippen LogP) is 1.78. The van der Waals surface area contributed by atoms with E-state index in [9.17, 15) is 4.79 Å². The lowest BCUT2D eigenvalue weighted by atomic mass is 10.2. The second kappa shape index (κ2) is 3.67. The molecule has 1 aromatic heterocycles. The third-order valence-corrected chi connectivity index (χ3v) is 2.06. The summed E-state index contributed by atoms with van der Waals surface area (Å²) in [6.45, 7) is 1.91. The largest absolute Gasteiger partial charge is 0.481 e. The summed E-state index contributed by atoms with van der Waals surface area (Å²) in [5.41, 5.74) is 1.57. The van der Waals surface area contributed by atoms with Gasteiger partial charge in [0.1, 0.15) is 0 Å². The van der Waals surface area contributed by atoms with E-state index in [1.807, 2.05) is 13.0 Å². The summed E-state index contributed by atoms with van der Waals surface area (Å²) in [5, 5.41) is 8.50. The van der Waals surface area contributed by atoms with Gasteiger partial charge in [-0.1, -0.05) is 0 Å². The van der Waals surface area contributed by atoms with Crippen LogP contribution in [-0.2, 0) is 11.2 Å². The minimum Gasteiger partial charge on any atom is -0.481 e. The minimum absolute atomic E-state index is 0.0408. The molecule has 0 bridgehead atoms. The molecule has 0 radical (unpaired) electrons. The van der Waals surface area contributed by atoms with E-state index in [1.54, 1.807) is 6.20 Å². The molecule has 0 aliphatic heterocycles. The molecule has 3 nitrogen and oxygen atoms in total. The Morgan fingerprint density at radius 3 is 2.92 bits per heavy atom. The van der Waals surface area contributed by atoms with E-state index >= 15 is 0 Å². The maximum Gasteiger partial charge on any atom is 0.309 e. The highest BCUT2D eigenvalue weighted by Gasteiger charge is 2.05. The number of hydrogen-bond acceptors (Lipinski definition) is 2. The predicted molar refractivity (Wildman–Crippen MR) is 48.0 cm³/mol. The molecule has 0 fully saturated rings. The van der Waals surface area contributed by atoms with Crippen molar-refractivity contribution < 1.29 is 9.90 Å². The minimum atomic E-state index is -0.868. The summed E-state index contributed by atoms with van der Waals surface area (Å²) in [6, 6.07) is 1.85. The molecule has 0 saturated carbocycles. The van der Waals surface area contributed by atoms with Crippen LogP contribution in [0.15, 0.2) is 16.7 Å². The van der Waals surface area contributed by atoms with E-state index in [0.29, 0.717) is 5.69 Å². The summed E-state index contributed by atoms with van der Waals surface area (Å²) in [7, 11) is 0. The van der Waals surface area contributed by atoms with E-state index in [0.717, 1.165) is 10.0 Å². The number of halogens is 1. The van der Waals surface area contributed by atoms with Crippen molar-refractivity contribution in [2.75, 3.05) is 0 Å². The van der Waals surface area contributed by atoms with E-state index < -0.39 is 5.97 Å². The Morgan fingerprint density at radius 1 is 1.75 bits per heavy atom. The molecule has 1 N–H and O–H groups in total. The highest BCUT2D eigenvalue weighted by atomic mass is 79.9. The lowest BCUT2D eigenvalue weighted by molar-refractivity contribution is -0.136. The van der Waals surface area contributed by atoms with E-state index in [-0.39, 0.29) is 6.42 Å². The fourth-order valence-electron chi connectivity index (χ4n) is 0.835. The number of aryl methyl sites for hydroxylation is 1. The lowest BCUT2D eigenvalue weighted by Gasteiger charge is -2.00. The summed E-state index contributed by atoms with van der Waals surface area (Å²) >= 11 is 3.25. The third kappa shape index (κ3) is 2.30. The Bertz CT molecular complexity index is 312. The van der Waals surface area contributed by atoms with Gasteiger partial charge in [-0.2, -0.15) is 0 Å². The van der Waals surface area contributed by atoms with Crippen LogP contribution in [0.3, 0.4) is 0 Å². The van der Waals surface area contributed by atoms with Crippen LogP contribution in [0.4, 0.5) is 0 Å². The Balaban J connectivity index is 2.93. The molecule has 12 heavy (non-hydrogen) atoms. The van der Waals surface area contributed by atoms with Gasteiger partial charge in [0.15, 0.2) is 0 Å². The summed E-state index contributed by atoms with van der Waals surface area (Å²) in [4.78, 5) is 14.3. The van der Waals surface area contributed by atoms with Crippen LogP contribution in [0.5, 0.6) is 0 Å². The second-order valence-corrected chi connectivity index (χ2v) is 3.37. The highest BCUT2D eigenvalue weighted by Crippen LogP contribution is 2.15. The molecular weight excluding hydrogens is 222 g/mol. The molecule has 0 aromatic carbocycles. The molecule has 0 unspecified atom stereocenters. The van der Waals surface area contributed by atoms with E-state index in [1.165, 1.54) is 0 Å². The number of pyridine rings is 1. The van der Waals surface area contributed by atoms with E-state index in [4.69, 9.17) is 5.11 Å². The van der Waals surface area contributed by atoms with Crippen LogP contribution in [0.25, 0.3) is 0 Å². The van der Waals surface area contributed by atoms with Crippen LogP contribution in [0.2, 0.25) is 0 Å². The van der Waals surface area contributed by atoms with Crippen LogP contribution in [0, 0.1) is 6.92 Å². The fraction of sp³-hybridized carbons (Fsp3) is 0.250. The Morgan fingerprint density at radius 2 is 2.42 bits per heavy atom. The summed E-state index contributed by atoms with van der Waals surface area (Å²) < 4.78 is 0.755. The van der Waals surface area contributed by atoms with Crippen molar-refractivity contribution in [3.63, 3.8) is 0 Å². The Labute approximate surface area is 78.6 Å². The monoisotopic (exact) mass is 229 g/mol. The van der Waals surface area contributed by atoms with Crippen LogP contribution in [0.1, 0.15) is 11.3 Å². The van der Waals surface area contributed by atoms with Gasteiger partial charge in [0, 0.05) is 10.7 Å². The molecule has 0 aliphatic carbocycles. The number of hydrogen-bond donors (Lipinski definition) is 1. The van der Waals surface area contributed by atoms with Gasteiger partial charge in [-0.25, -0.2) is 0 Å². The highest BCUT2D eigenvalue weighted by molar-refractivity contribution is 9.10.